The Balaban J connectivity index is 2.44. The average Bonchev–Trinajstić information content (AvgIpc) is 2.36. The number of benzene rings is 1. The van der Waals surface area contributed by atoms with E-state index in [1.807, 2.05) is 0 Å². The number of methoxy groups -OCH3 is 1. The van der Waals surface area contributed by atoms with Gasteiger partial charge in [0, 0.05) is 12.1 Å². The lowest BCUT2D eigenvalue weighted by Gasteiger charge is -2.04. The minimum Gasteiger partial charge on any atom is -0.495 e. The molecule has 2 rings (SSSR count). The smallest absolute Gasteiger partial charge is 0.495 e. The predicted octanol–water partition coefficient (Wildman–Crippen LogP) is 2.78. The number of alkyl halides is 2. The molecule has 0 bridgehead atoms. The molecule has 0 aromatic heterocycles. The zero-order valence-corrected chi connectivity index (χ0v) is 8.60. The summed E-state index contributed by atoms with van der Waals surface area (Å²) in [7, 11) is 1.43. The van der Waals surface area contributed by atoms with E-state index >= 15 is 0 Å². The maximum absolute atomic E-state index is 12.6. The Morgan fingerprint density at radius 2 is 1.86 bits per heavy atom. The van der Waals surface area contributed by atoms with Crippen LogP contribution in [0.2, 0.25) is 0 Å². The van der Waals surface area contributed by atoms with Crippen molar-refractivity contribution in [2.75, 3.05) is 7.11 Å². The van der Waals surface area contributed by atoms with Crippen LogP contribution in [0.15, 0.2) is 16.6 Å². The van der Waals surface area contributed by atoms with Crippen LogP contribution in [0.4, 0.5) is 8.78 Å². The maximum Gasteiger partial charge on any atom is 0.586 e. The third-order valence-electron chi connectivity index (χ3n) is 1.68. The van der Waals surface area contributed by atoms with Gasteiger partial charge in [-0.3, -0.25) is 0 Å². The lowest BCUT2D eigenvalue weighted by atomic mass is 10.3. The summed E-state index contributed by atoms with van der Waals surface area (Å²) in [5.41, 5.74) is 0. The van der Waals surface area contributed by atoms with Gasteiger partial charge in [-0.15, -0.1) is 8.78 Å². The van der Waals surface area contributed by atoms with Gasteiger partial charge in [-0.2, -0.15) is 0 Å². The summed E-state index contributed by atoms with van der Waals surface area (Å²) in [6.45, 7) is 0. The monoisotopic (exact) mass is 266 g/mol. The molecule has 1 aliphatic rings. The van der Waals surface area contributed by atoms with E-state index in [0.29, 0.717) is 10.2 Å². The molecule has 6 heteroatoms. The molecule has 0 fully saturated rings. The standard InChI is InChI=1S/C8H5BrF2O3/c1-12-5-3-7-6(2-4(5)9)13-8(10,11)14-7/h2-3H,1H3. The topological polar surface area (TPSA) is 27.7 Å². The van der Waals surface area contributed by atoms with E-state index in [1.165, 1.54) is 19.2 Å². The van der Waals surface area contributed by atoms with Crippen LogP contribution in [0.5, 0.6) is 17.2 Å². The average molecular weight is 267 g/mol. The van der Waals surface area contributed by atoms with Crippen molar-refractivity contribution in [3.63, 3.8) is 0 Å². The van der Waals surface area contributed by atoms with Crippen molar-refractivity contribution in [1.29, 1.82) is 0 Å². The fourth-order valence-corrected chi connectivity index (χ4v) is 1.59. The highest BCUT2D eigenvalue weighted by atomic mass is 79.9. The SMILES string of the molecule is COc1cc2c(cc1Br)OC(F)(F)O2. The summed E-state index contributed by atoms with van der Waals surface area (Å²) in [6.07, 6.45) is -3.59. The Morgan fingerprint density at radius 3 is 2.43 bits per heavy atom. The minimum absolute atomic E-state index is 0.0114. The van der Waals surface area contributed by atoms with Gasteiger partial charge >= 0.3 is 6.29 Å². The Kier molecular flexibility index (Phi) is 2.02. The molecular formula is C8H5BrF2O3. The molecule has 0 N–H and O–H groups in total. The van der Waals surface area contributed by atoms with Crippen LogP contribution in [-0.4, -0.2) is 13.4 Å². The van der Waals surface area contributed by atoms with Gasteiger partial charge in [0.15, 0.2) is 11.5 Å². The highest BCUT2D eigenvalue weighted by Gasteiger charge is 2.43. The lowest BCUT2D eigenvalue weighted by Crippen LogP contribution is -2.25. The number of rotatable bonds is 1. The summed E-state index contributed by atoms with van der Waals surface area (Å²) in [6, 6.07) is 2.70. The van der Waals surface area contributed by atoms with E-state index in [2.05, 4.69) is 25.4 Å². The Morgan fingerprint density at radius 1 is 1.29 bits per heavy atom. The first-order valence-corrected chi connectivity index (χ1v) is 4.44. The van der Waals surface area contributed by atoms with E-state index in [-0.39, 0.29) is 11.5 Å². The first-order valence-electron chi connectivity index (χ1n) is 3.65. The first kappa shape index (κ1) is 9.51. The number of hydrogen-bond acceptors (Lipinski definition) is 3. The van der Waals surface area contributed by atoms with E-state index in [0.717, 1.165) is 0 Å². The third kappa shape index (κ3) is 1.50. The van der Waals surface area contributed by atoms with E-state index in [1.54, 1.807) is 0 Å². The number of fused-ring (bicyclic) bond motifs is 1. The molecular weight excluding hydrogens is 262 g/mol. The molecule has 3 nitrogen and oxygen atoms in total. The van der Waals surface area contributed by atoms with Crippen LogP contribution in [0.3, 0.4) is 0 Å². The zero-order valence-electron chi connectivity index (χ0n) is 7.01. The van der Waals surface area contributed by atoms with E-state index < -0.39 is 6.29 Å². The molecule has 0 saturated carbocycles. The first-order chi connectivity index (χ1) is 6.52. The van der Waals surface area contributed by atoms with Gasteiger partial charge in [-0.25, -0.2) is 0 Å². The van der Waals surface area contributed by atoms with Gasteiger partial charge in [0.05, 0.1) is 11.6 Å². The van der Waals surface area contributed by atoms with Crippen molar-refractivity contribution in [1.82, 2.24) is 0 Å². The van der Waals surface area contributed by atoms with Gasteiger partial charge in [-0.1, -0.05) is 0 Å². The summed E-state index contributed by atoms with van der Waals surface area (Å²) < 4.78 is 39.1. The van der Waals surface area contributed by atoms with Crippen molar-refractivity contribution >= 4 is 15.9 Å². The van der Waals surface area contributed by atoms with Crippen LogP contribution < -0.4 is 14.2 Å². The van der Waals surface area contributed by atoms with Gasteiger partial charge in [-0.05, 0) is 15.9 Å². The predicted molar refractivity (Wildman–Crippen MR) is 46.9 cm³/mol. The molecule has 0 unspecified atom stereocenters. The van der Waals surface area contributed by atoms with Crippen LogP contribution in [0.1, 0.15) is 0 Å². The van der Waals surface area contributed by atoms with Crippen molar-refractivity contribution < 1.29 is 23.0 Å². The molecule has 1 aromatic rings. The van der Waals surface area contributed by atoms with Gasteiger partial charge in [0.1, 0.15) is 5.75 Å². The van der Waals surface area contributed by atoms with Crippen LogP contribution in [-0.2, 0) is 0 Å². The van der Waals surface area contributed by atoms with Crippen molar-refractivity contribution in [3.8, 4) is 17.2 Å². The fourth-order valence-electron chi connectivity index (χ4n) is 1.11. The van der Waals surface area contributed by atoms with Crippen molar-refractivity contribution in [3.05, 3.63) is 16.6 Å². The highest BCUT2D eigenvalue weighted by Crippen LogP contribution is 2.45. The summed E-state index contributed by atoms with van der Waals surface area (Å²) in [5, 5.41) is 0. The van der Waals surface area contributed by atoms with Crippen molar-refractivity contribution in [2.24, 2.45) is 0 Å². The second-order valence-corrected chi connectivity index (χ2v) is 3.46. The molecule has 0 atom stereocenters. The maximum atomic E-state index is 12.6. The largest absolute Gasteiger partial charge is 0.586 e. The zero-order chi connectivity index (χ0) is 10.3. The van der Waals surface area contributed by atoms with Crippen LogP contribution in [0, 0.1) is 0 Å². The molecule has 0 aliphatic carbocycles. The van der Waals surface area contributed by atoms with Gasteiger partial charge in [0.25, 0.3) is 0 Å². The van der Waals surface area contributed by atoms with E-state index in [4.69, 9.17) is 4.74 Å². The van der Waals surface area contributed by atoms with Gasteiger partial charge in [0.2, 0.25) is 0 Å². The number of hydrogen-bond donors (Lipinski definition) is 0. The van der Waals surface area contributed by atoms with Gasteiger partial charge < -0.3 is 14.2 Å². The normalized spacial score (nSPS) is 16.9. The summed E-state index contributed by atoms with van der Waals surface area (Å²) >= 11 is 3.14. The number of ether oxygens (including phenoxy) is 3. The molecule has 0 radical (unpaired) electrons. The second kappa shape index (κ2) is 2.98. The molecule has 14 heavy (non-hydrogen) atoms. The Labute approximate surface area is 86.7 Å². The molecule has 0 spiro atoms. The molecule has 1 heterocycles. The molecule has 0 amide bonds. The lowest BCUT2D eigenvalue weighted by molar-refractivity contribution is -0.286. The minimum atomic E-state index is -3.59. The van der Waals surface area contributed by atoms with Crippen LogP contribution >= 0.6 is 15.9 Å². The quantitative estimate of drug-likeness (QED) is 0.783. The highest BCUT2D eigenvalue weighted by molar-refractivity contribution is 9.10. The van der Waals surface area contributed by atoms with E-state index in [9.17, 15) is 8.78 Å². The van der Waals surface area contributed by atoms with Crippen molar-refractivity contribution in [2.45, 2.75) is 6.29 Å². The molecule has 0 saturated heterocycles. The molecule has 1 aliphatic heterocycles. The molecule has 1 aromatic carbocycles. The molecule has 76 valence electrons. The summed E-state index contributed by atoms with van der Waals surface area (Å²) in [5.74, 6) is 0.364. The fraction of sp³-hybridized carbons (Fsp3) is 0.250. The second-order valence-electron chi connectivity index (χ2n) is 2.60. The Hall–Kier alpha value is -1.04. The number of halogens is 3. The summed E-state index contributed by atoms with van der Waals surface area (Å²) in [4.78, 5) is 0. The van der Waals surface area contributed by atoms with Crippen LogP contribution in [0.25, 0.3) is 0 Å². The third-order valence-corrected chi connectivity index (χ3v) is 2.30. The Bertz CT molecular complexity index is 381.